The molecular weight excluding hydrogens is 232 g/mol. The first-order valence-corrected chi connectivity index (χ1v) is 6.80. The molecule has 2 aliphatic rings. The van der Waals surface area contributed by atoms with E-state index in [1.54, 1.807) is 6.92 Å². The molecule has 2 fully saturated rings. The Morgan fingerprint density at radius 2 is 1.78 bits per heavy atom. The van der Waals surface area contributed by atoms with Gasteiger partial charge in [0.1, 0.15) is 0 Å². The number of carbonyl (C=O) groups excluding carboxylic acids is 1. The van der Waals surface area contributed by atoms with E-state index in [0.29, 0.717) is 12.6 Å². The number of nitrogens with zero attached hydrogens (tertiary/aromatic N) is 2. The summed E-state index contributed by atoms with van der Waals surface area (Å²) in [5, 5.41) is 9.09. The highest BCUT2D eigenvalue weighted by atomic mass is 16.4. The Bertz CT molecular complexity index is 324. The number of hydrogen-bond donors (Lipinski definition) is 1. The number of amides is 1. The summed E-state index contributed by atoms with van der Waals surface area (Å²) >= 11 is 0. The summed E-state index contributed by atoms with van der Waals surface area (Å²) < 4.78 is 0. The van der Waals surface area contributed by atoms with E-state index in [1.165, 1.54) is 0 Å². The average molecular weight is 254 g/mol. The van der Waals surface area contributed by atoms with Crippen LogP contribution in [0.5, 0.6) is 0 Å². The van der Waals surface area contributed by atoms with Crippen LogP contribution in [0.25, 0.3) is 0 Å². The Morgan fingerprint density at radius 3 is 2.33 bits per heavy atom. The third-order valence-corrected chi connectivity index (χ3v) is 4.23. The van der Waals surface area contributed by atoms with Gasteiger partial charge in [0.2, 0.25) is 5.91 Å². The summed E-state index contributed by atoms with van der Waals surface area (Å²) in [5.74, 6) is -0.721. The minimum absolute atomic E-state index is 0.149. The maximum atomic E-state index is 11.3. The fourth-order valence-electron chi connectivity index (χ4n) is 3.09. The summed E-state index contributed by atoms with van der Waals surface area (Å²) in [6.07, 6.45) is 3.74. The molecule has 2 aliphatic heterocycles. The molecule has 0 unspecified atom stereocenters. The molecule has 5 heteroatoms. The van der Waals surface area contributed by atoms with Crippen molar-refractivity contribution in [2.45, 2.75) is 38.6 Å². The molecule has 0 saturated carbocycles. The van der Waals surface area contributed by atoms with Crippen molar-refractivity contribution in [1.82, 2.24) is 9.80 Å². The quantitative estimate of drug-likeness (QED) is 0.791. The van der Waals surface area contributed by atoms with E-state index < -0.39 is 5.97 Å². The van der Waals surface area contributed by atoms with Crippen LogP contribution in [0.3, 0.4) is 0 Å². The summed E-state index contributed by atoms with van der Waals surface area (Å²) in [5.41, 5.74) is 0. The molecule has 0 bridgehead atoms. The molecule has 1 N–H and O–H groups in total. The monoisotopic (exact) mass is 254 g/mol. The van der Waals surface area contributed by atoms with Gasteiger partial charge in [0.15, 0.2) is 0 Å². The van der Waals surface area contributed by atoms with E-state index in [1.807, 2.05) is 4.90 Å². The zero-order valence-corrected chi connectivity index (χ0v) is 11.0. The predicted molar refractivity (Wildman–Crippen MR) is 67.2 cm³/mol. The molecule has 18 heavy (non-hydrogen) atoms. The Balaban J connectivity index is 1.85. The van der Waals surface area contributed by atoms with Crippen LogP contribution in [0.1, 0.15) is 32.6 Å². The van der Waals surface area contributed by atoms with Gasteiger partial charge in [-0.3, -0.25) is 14.5 Å². The zero-order valence-electron chi connectivity index (χ0n) is 11.0. The van der Waals surface area contributed by atoms with Gasteiger partial charge in [-0.2, -0.15) is 0 Å². The lowest BCUT2D eigenvalue weighted by molar-refractivity contribution is -0.144. The van der Waals surface area contributed by atoms with Crippen molar-refractivity contribution in [3.8, 4) is 0 Å². The predicted octanol–water partition coefficient (Wildman–Crippen LogP) is 0.794. The minimum Gasteiger partial charge on any atom is -0.481 e. The fraction of sp³-hybridized carbons (Fsp3) is 0.846. The Morgan fingerprint density at radius 1 is 1.11 bits per heavy atom. The average Bonchev–Trinajstić information content (AvgIpc) is 2.39. The van der Waals surface area contributed by atoms with Crippen LogP contribution < -0.4 is 0 Å². The molecule has 0 aromatic heterocycles. The number of carbonyl (C=O) groups is 2. The molecule has 0 aromatic rings. The third kappa shape index (κ3) is 3.02. The van der Waals surface area contributed by atoms with E-state index in [4.69, 9.17) is 5.11 Å². The Kier molecular flexibility index (Phi) is 4.22. The van der Waals surface area contributed by atoms with Gasteiger partial charge in [-0.25, -0.2) is 0 Å². The lowest BCUT2D eigenvalue weighted by Crippen LogP contribution is -2.50. The topological polar surface area (TPSA) is 60.9 Å². The van der Waals surface area contributed by atoms with Crippen LogP contribution >= 0.6 is 0 Å². The second-order valence-electron chi connectivity index (χ2n) is 5.41. The molecule has 0 aromatic carbocycles. The molecule has 0 spiro atoms. The molecular formula is C13H22N2O3. The lowest BCUT2D eigenvalue weighted by Gasteiger charge is -2.41. The maximum Gasteiger partial charge on any atom is 0.307 e. The van der Waals surface area contributed by atoms with Crippen molar-refractivity contribution in [2.75, 3.05) is 26.2 Å². The van der Waals surface area contributed by atoms with Crippen molar-refractivity contribution < 1.29 is 14.7 Å². The number of likely N-dealkylation sites (tertiary alicyclic amines) is 2. The fourth-order valence-corrected chi connectivity index (χ4v) is 3.09. The summed E-state index contributed by atoms with van der Waals surface area (Å²) in [4.78, 5) is 26.5. The van der Waals surface area contributed by atoms with Crippen molar-refractivity contribution in [3.05, 3.63) is 0 Å². The number of aliphatic carboxylic acids is 1. The van der Waals surface area contributed by atoms with Crippen LogP contribution in [0.2, 0.25) is 0 Å². The van der Waals surface area contributed by atoms with Gasteiger partial charge in [-0.15, -0.1) is 0 Å². The Labute approximate surface area is 108 Å². The SMILES string of the molecule is CC(=O)N1CCC(N2CCC[C@H](C(=O)O)C2)CC1. The van der Waals surface area contributed by atoms with Crippen molar-refractivity contribution >= 4 is 11.9 Å². The lowest BCUT2D eigenvalue weighted by atomic mass is 9.94. The van der Waals surface area contributed by atoms with Gasteiger partial charge in [0, 0.05) is 32.6 Å². The summed E-state index contributed by atoms with van der Waals surface area (Å²) in [7, 11) is 0. The molecule has 0 radical (unpaired) electrons. The van der Waals surface area contributed by atoms with Crippen LogP contribution in [0.4, 0.5) is 0 Å². The zero-order chi connectivity index (χ0) is 13.1. The van der Waals surface area contributed by atoms with Crippen LogP contribution in [0.15, 0.2) is 0 Å². The van der Waals surface area contributed by atoms with Gasteiger partial charge in [0.05, 0.1) is 5.92 Å². The van der Waals surface area contributed by atoms with E-state index in [9.17, 15) is 9.59 Å². The number of piperidine rings is 2. The van der Waals surface area contributed by atoms with E-state index >= 15 is 0 Å². The second-order valence-corrected chi connectivity index (χ2v) is 5.41. The smallest absolute Gasteiger partial charge is 0.307 e. The number of rotatable bonds is 2. The van der Waals surface area contributed by atoms with Gasteiger partial charge >= 0.3 is 5.97 Å². The summed E-state index contributed by atoms with van der Waals surface area (Å²) in [6, 6.07) is 0.461. The van der Waals surface area contributed by atoms with E-state index in [2.05, 4.69) is 4.90 Å². The van der Waals surface area contributed by atoms with Gasteiger partial charge in [0.25, 0.3) is 0 Å². The maximum absolute atomic E-state index is 11.3. The van der Waals surface area contributed by atoms with Crippen LogP contribution in [-0.2, 0) is 9.59 Å². The molecule has 2 saturated heterocycles. The van der Waals surface area contributed by atoms with E-state index in [0.717, 1.165) is 45.3 Å². The number of hydrogen-bond acceptors (Lipinski definition) is 3. The van der Waals surface area contributed by atoms with E-state index in [-0.39, 0.29) is 11.8 Å². The highest BCUT2D eigenvalue weighted by Crippen LogP contribution is 2.23. The number of carboxylic acids is 1. The minimum atomic E-state index is -0.666. The number of carboxylic acid groups (broad SMARTS) is 1. The molecule has 2 rings (SSSR count). The first kappa shape index (κ1) is 13.3. The normalized spacial score (nSPS) is 27.2. The van der Waals surface area contributed by atoms with Gasteiger partial charge in [-0.1, -0.05) is 0 Å². The second kappa shape index (κ2) is 5.69. The van der Waals surface area contributed by atoms with Crippen molar-refractivity contribution in [1.29, 1.82) is 0 Å². The molecule has 1 atom stereocenters. The Hall–Kier alpha value is -1.10. The van der Waals surface area contributed by atoms with Crippen LogP contribution in [-0.4, -0.2) is 59.0 Å². The highest BCUT2D eigenvalue weighted by Gasteiger charge is 2.31. The third-order valence-electron chi connectivity index (χ3n) is 4.23. The molecule has 5 nitrogen and oxygen atoms in total. The molecule has 0 aliphatic carbocycles. The molecule has 102 valence electrons. The van der Waals surface area contributed by atoms with Crippen molar-refractivity contribution in [2.24, 2.45) is 5.92 Å². The first-order chi connectivity index (χ1) is 8.58. The van der Waals surface area contributed by atoms with Crippen LogP contribution in [0, 0.1) is 5.92 Å². The molecule has 2 heterocycles. The van der Waals surface area contributed by atoms with Crippen molar-refractivity contribution in [3.63, 3.8) is 0 Å². The van der Waals surface area contributed by atoms with Gasteiger partial charge in [-0.05, 0) is 32.2 Å². The van der Waals surface area contributed by atoms with Gasteiger partial charge < -0.3 is 10.0 Å². The highest BCUT2D eigenvalue weighted by molar-refractivity contribution is 5.73. The first-order valence-electron chi connectivity index (χ1n) is 6.80. The standard InChI is InChI=1S/C13H22N2O3/c1-10(16)14-7-4-12(5-8-14)15-6-2-3-11(9-15)13(17)18/h11-12H,2-9H2,1H3,(H,17,18)/t11-/m0/s1. The summed E-state index contributed by atoms with van der Waals surface area (Å²) in [6.45, 7) is 4.93. The molecule has 1 amide bonds. The largest absolute Gasteiger partial charge is 0.481 e.